The SMILES string of the molecule is CCN(CC(=O)Nc1ccccc1Cl)CC(=O)Nc1ccccc1OC. The number of hydrogen-bond donors (Lipinski definition) is 2. The van der Waals surface area contributed by atoms with E-state index >= 15 is 0 Å². The topological polar surface area (TPSA) is 70.7 Å². The van der Waals surface area contributed by atoms with Crippen LogP contribution in [0.2, 0.25) is 5.02 Å². The molecule has 0 aliphatic rings. The standard InChI is InChI=1S/C19H22ClN3O3/c1-3-23(12-18(24)21-15-9-5-4-8-14(15)20)13-19(25)22-16-10-6-7-11-17(16)26-2/h4-11H,3,12-13H2,1-2H3,(H,21,24)(H,22,25). The molecule has 0 aliphatic carbocycles. The smallest absolute Gasteiger partial charge is 0.238 e. The molecule has 6 nitrogen and oxygen atoms in total. The Labute approximate surface area is 158 Å². The molecular formula is C19H22ClN3O3. The molecule has 2 aromatic carbocycles. The summed E-state index contributed by atoms with van der Waals surface area (Å²) in [6, 6.07) is 14.2. The molecule has 2 N–H and O–H groups in total. The van der Waals surface area contributed by atoms with Crippen molar-refractivity contribution >= 4 is 34.8 Å². The highest BCUT2D eigenvalue weighted by Crippen LogP contribution is 2.23. The fourth-order valence-electron chi connectivity index (χ4n) is 2.38. The summed E-state index contributed by atoms with van der Waals surface area (Å²) in [6.07, 6.45) is 0. The molecule has 0 spiro atoms. The molecule has 138 valence electrons. The molecule has 0 radical (unpaired) electrons. The van der Waals surface area contributed by atoms with Gasteiger partial charge in [0.2, 0.25) is 11.8 Å². The minimum atomic E-state index is -0.231. The molecule has 0 aromatic heterocycles. The molecule has 0 saturated heterocycles. The fraction of sp³-hybridized carbons (Fsp3) is 0.263. The van der Waals surface area contributed by atoms with Gasteiger partial charge in [-0.3, -0.25) is 14.5 Å². The van der Waals surface area contributed by atoms with Gasteiger partial charge in [-0.25, -0.2) is 0 Å². The van der Waals surface area contributed by atoms with Gasteiger partial charge in [0.15, 0.2) is 0 Å². The third-order valence-electron chi connectivity index (χ3n) is 3.71. The molecule has 2 aromatic rings. The highest BCUT2D eigenvalue weighted by Gasteiger charge is 2.15. The number of anilines is 2. The van der Waals surface area contributed by atoms with E-state index in [0.29, 0.717) is 28.7 Å². The Balaban J connectivity index is 1.91. The van der Waals surface area contributed by atoms with E-state index in [0.717, 1.165) is 0 Å². The second kappa shape index (κ2) is 9.79. The van der Waals surface area contributed by atoms with Gasteiger partial charge in [-0.2, -0.15) is 0 Å². The molecule has 26 heavy (non-hydrogen) atoms. The van der Waals surface area contributed by atoms with E-state index in [2.05, 4.69) is 10.6 Å². The number of para-hydroxylation sites is 3. The Kier molecular flexibility index (Phi) is 7.44. The van der Waals surface area contributed by atoms with Crippen LogP contribution in [0.1, 0.15) is 6.92 Å². The zero-order chi connectivity index (χ0) is 18.9. The maximum absolute atomic E-state index is 12.3. The highest BCUT2D eigenvalue weighted by molar-refractivity contribution is 6.33. The molecule has 0 fully saturated rings. The van der Waals surface area contributed by atoms with Gasteiger partial charge < -0.3 is 15.4 Å². The van der Waals surface area contributed by atoms with Gasteiger partial charge in [0.25, 0.3) is 0 Å². The van der Waals surface area contributed by atoms with Gasteiger partial charge in [0.1, 0.15) is 5.75 Å². The van der Waals surface area contributed by atoms with Crippen molar-refractivity contribution in [3.05, 3.63) is 53.6 Å². The van der Waals surface area contributed by atoms with Crippen molar-refractivity contribution < 1.29 is 14.3 Å². The molecule has 7 heteroatoms. The maximum atomic E-state index is 12.3. The number of amides is 2. The Morgan fingerprint density at radius 2 is 1.50 bits per heavy atom. The Morgan fingerprint density at radius 1 is 0.962 bits per heavy atom. The van der Waals surface area contributed by atoms with Crippen LogP contribution in [0.3, 0.4) is 0 Å². The number of halogens is 1. The Morgan fingerprint density at radius 3 is 2.08 bits per heavy atom. The van der Waals surface area contributed by atoms with Crippen LogP contribution in [0, 0.1) is 0 Å². The van der Waals surface area contributed by atoms with Gasteiger partial charge in [-0.15, -0.1) is 0 Å². The number of rotatable bonds is 8. The number of methoxy groups -OCH3 is 1. The summed E-state index contributed by atoms with van der Waals surface area (Å²) in [5.41, 5.74) is 1.14. The number of carbonyl (C=O) groups excluding carboxylic acids is 2. The lowest BCUT2D eigenvalue weighted by atomic mass is 10.3. The molecule has 0 aliphatic heterocycles. The molecule has 2 rings (SSSR count). The monoisotopic (exact) mass is 375 g/mol. The van der Waals surface area contributed by atoms with Gasteiger partial charge in [0, 0.05) is 0 Å². The van der Waals surface area contributed by atoms with Crippen LogP contribution >= 0.6 is 11.6 Å². The van der Waals surface area contributed by atoms with E-state index in [1.165, 1.54) is 0 Å². The molecule has 0 saturated carbocycles. The summed E-state index contributed by atoms with van der Waals surface area (Å²) >= 11 is 6.04. The van der Waals surface area contributed by atoms with E-state index in [-0.39, 0.29) is 24.9 Å². The van der Waals surface area contributed by atoms with Crippen LogP contribution in [0.5, 0.6) is 5.75 Å². The van der Waals surface area contributed by atoms with Crippen LogP contribution in [-0.4, -0.2) is 43.5 Å². The van der Waals surface area contributed by atoms with Gasteiger partial charge >= 0.3 is 0 Å². The largest absolute Gasteiger partial charge is 0.495 e. The molecule has 0 heterocycles. The first kappa shape index (κ1) is 19.8. The third-order valence-corrected chi connectivity index (χ3v) is 4.04. The van der Waals surface area contributed by atoms with Gasteiger partial charge in [-0.1, -0.05) is 42.8 Å². The van der Waals surface area contributed by atoms with Crippen LogP contribution in [-0.2, 0) is 9.59 Å². The predicted molar refractivity (Wildman–Crippen MR) is 104 cm³/mol. The van der Waals surface area contributed by atoms with Crippen molar-refractivity contribution in [3.8, 4) is 5.75 Å². The maximum Gasteiger partial charge on any atom is 0.238 e. The van der Waals surface area contributed by atoms with E-state index in [4.69, 9.17) is 16.3 Å². The summed E-state index contributed by atoms with van der Waals surface area (Å²) < 4.78 is 5.21. The molecule has 0 atom stereocenters. The number of carbonyl (C=O) groups is 2. The fourth-order valence-corrected chi connectivity index (χ4v) is 2.56. The zero-order valence-corrected chi connectivity index (χ0v) is 15.5. The van der Waals surface area contributed by atoms with Crippen LogP contribution in [0.25, 0.3) is 0 Å². The quantitative estimate of drug-likeness (QED) is 0.743. The lowest BCUT2D eigenvalue weighted by Crippen LogP contribution is -2.38. The first-order valence-electron chi connectivity index (χ1n) is 8.23. The lowest BCUT2D eigenvalue weighted by molar-refractivity contribution is -0.119. The van der Waals surface area contributed by atoms with Crippen LogP contribution < -0.4 is 15.4 Å². The molecule has 2 amide bonds. The van der Waals surface area contributed by atoms with Crippen LogP contribution in [0.4, 0.5) is 11.4 Å². The Hall–Kier alpha value is -2.57. The average Bonchev–Trinajstić information content (AvgIpc) is 2.63. The van der Waals surface area contributed by atoms with Gasteiger partial charge in [-0.05, 0) is 30.8 Å². The van der Waals surface area contributed by atoms with Crippen molar-refractivity contribution in [2.75, 3.05) is 37.4 Å². The summed E-state index contributed by atoms with van der Waals surface area (Å²) in [5.74, 6) is 0.132. The minimum absolute atomic E-state index is 0.0844. The molecule has 0 unspecified atom stereocenters. The number of likely N-dealkylation sites (N-methyl/N-ethyl adjacent to an activating group) is 1. The molecule has 0 bridgehead atoms. The predicted octanol–water partition coefficient (Wildman–Crippen LogP) is 3.25. The first-order valence-corrected chi connectivity index (χ1v) is 8.61. The third kappa shape index (κ3) is 5.75. The second-order valence-corrected chi connectivity index (χ2v) is 5.99. The van der Waals surface area contributed by atoms with Crippen molar-refractivity contribution in [1.82, 2.24) is 4.90 Å². The zero-order valence-electron chi connectivity index (χ0n) is 14.8. The minimum Gasteiger partial charge on any atom is -0.495 e. The number of nitrogens with one attached hydrogen (secondary N) is 2. The number of nitrogens with zero attached hydrogens (tertiary/aromatic N) is 1. The van der Waals surface area contributed by atoms with E-state index < -0.39 is 0 Å². The van der Waals surface area contributed by atoms with E-state index in [9.17, 15) is 9.59 Å². The second-order valence-electron chi connectivity index (χ2n) is 5.58. The van der Waals surface area contributed by atoms with Crippen molar-refractivity contribution in [1.29, 1.82) is 0 Å². The molecular weight excluding hydrogens is 354 g/mol. The van der Waals surface area contributed by atoms with Crippen molar-refractivity contribution in [3.63, 3.8) is 0 Å². The average molecular weight is 376 g/mol. The summed E-state index contributed by atoms with van der Waals surface area (Å²) in [4.78, 5) is 26.2. The van der Waals surface area contributed by atoms with Gasteiger partial charge in [0.05, 0.1) is 36.6 Å². The normalized spacial score (nSPS) is 10.5. The van der Waals surface area contributed by atoms with Crippen molar-refractivity contribution in [2.24, 2.45) is 0 Å². The first-order chi connectivity index (χ1) is 12.5. The number of hydrogen-bond acceptors (Lipinski definition) is 4. The summed E-state index contributed by atoms with van der Waals surface area (Å²) in [5, 5.41) is 6.02. The number of benzene rings is 2. The highest BCUT2D eigenvalue weighted by atomic mass is 35.5. The lowest BCUT2D eigenvalue weighted by Gasteiger charge is -2.20. The van der Waals surface area contributed by atoms with E-state index in [1.807, 2.05) is 19.1 Å². The van der Waals surface area contributed by atoms with Crippen molar-refractivity contribution in [2.45, 2.75) is 6.92 Å². The summed E-state index contributed by atoms with van der Waals surface area (Å²) in [6.45, 7) is 2.61. The number of ether oxygens (including phenoxy) is 1. The van der Waals surface area contributed by atoms with E-state index in [1.54, 1.807) is 48.4 Å². The Bertz CT molecular complexity index is 767. The van der Waals surface area contributed by atoms with Crippen LogP contribution in [0.15, 0.2) is 48.5 Å². The summed E-state index contributed by atoms with van der Waals surface area (Å²) in [7, 11) is 1.54.